The third-order valence-electron chi connectivity index (χ3n) is 4.41. The summed E-state index contributed by atoms with van der Waals surface area (Å²) in [4.78, 5) is 31.7. The number of ether oxygens (including phenoxy) is 2. The van der Waals surface area contributed by atoms with Crippen LogP contribution in [-0.2, 0) is 11.3 Å². The Balaban J connectivity index is 1.64. The minimum Gasteiger partial charge on any atom is -0.495 e. The zero-order chi connectivity index (χ0) is 21.3. The fourth-order valence-corrected chi connectivity index (χ4v) is 4.95. The van der Waals surface area contributed by atoms with Crippen molar-refractivity contribution in [3.05, 3.63) is 56.7 Å². The van der Waals surface area contributed by atoms with Gasteiger partial charge >= 0.3 is 0 Å². The zero-order valence-corrected chi connectivity index (χ0v) is 18.4. The molecule has 0 saturated heterocycles. The summed E-state index contributed by atoms with van der Waals surface area (Å²) in [6.45, 7) is -0.199. The van der Waals surface area contributed by atoms with Crippen molar-refractivity contribution in [2.75, 3.05) is 19.5 Å². The Morgan fingerprint density at radius 3 is 2.73 bits per heavy atom. The fraction of sp³-hybridized carbons (Fsp3) is 0.150. The molecule has 0 saturated carbocycles. The molecule has 4 aromatic rings. The lowest BCUT2D eigenvalue weighted by Crippen LogP contribution is -2.28. The number of nitrogens with zero attached hydrogens (tertiary/aromatic N) is 2. The van der Waals surface area contributed by atoms with Crippen molar-refractivity contribution >= 4 is 56.1 Å². The first-order chi connectivity index (χ1) is 14.5. The fourth-order valence-electron chi connectivity index (χ4n) is 3.00. The number of halogens is 1. The van der Waals surface area contributed by atoms with E-state index in [1.165, 1.54) is 36.5 Å². The Labute approximate surface area is 184 Å². The van der Waals surface area contributed by atoms with Gasteiger partial charge < -0.3 is 14.8 Å². The van der Waals surface area contributed by atoms with Crippen molar-refractivity contribution < 1.29 is 14.3 Å². The van der Waals surface area contributed by atoms with Crippen LogP contribution < -0.4 is 20.3 Å². The van der Waals surface area contributed by atoms with Crippen LogP contribution in [0.4, 0.5) is 5.69 Å². The van der Waals surface area contributed by atoms with E-state index in [9.17, 15) is 9.59 Å². The van der Waals surface area contributed by atoms with Gasteiger partial charge in [-0.05, 0) is 11.4 Å². The first-order valence-electron chi connectivity index (χ1n) is 8.73. The number of hydrogen-bond acceptors (Lipinski definition) is 7. The van der Waals surface area contributed by atoms with Gasteiger partial charge in [0, 0.05) is 28.0 Å². The number of rotatable bonds is 6. The molecule has 30 heavy (non-hydrogen) atoms. The highest BCUT2D eigenvalue weighted by molar-refractivity contribution is 7.18. The molecule has 154 valence electrons. The monoisotopic (exact) mass is 461 g/mol. The summed E-state index contributed by atoms with van der Waals surface area (Å²) in [5, 5.41) is 7.48. The number of nitrogens with one attached hydrogen (secondary N) is 1. The molecule has 0 aliphatic carbocycles. The lowest BCUT2D eigenvalue weighted by Gasteiger charge is -2.13. The molecule has 7 nitrogen and oxygen atoms in total. The van der Waals surface area contributed by atoms with Gasteiger partial charge in [0.2, 0.25) is 5.91 Å². The van der Waals surface area contributed by atoms with Crippen molar-refractivity contribution in [3.63, 3.8) is 0 Å². The minimum atomic E-state index is -0.408. The van der Waals surface area contributed by atoms with Crippen LogP contribution in [0.3, 0.4) is 0 Å². The van der Waals surface area contributed by atoms with Crippen molar-refractivity contribution in [2.45, 2.75) is 6.54 Å². The predicted molar refractivity (Wildman–Crippen MR) is 120 cm³/mol. The largest absolute Gasteiger partial charge is 0.495 e. The van der Waals surface area contributed by atoms with Crippen LogP contribution in [0.1, 0.15) is 0 Å². The van der Waals surface area contributed by atoms with E-state index in [0.29, 0.717) is 32.4 Å². The van der Waals surface area contributed by atoms with Gasteiger partial charge in [0.05, 0.1) is 36.6 Å². The summed E-state index contributed by atoms with van der Waals surface area (Å²) in [5.74, 6) is 0.369. The first-order valence-corrected chi connectivity index (χ1v) is 10.9. The van der Waals surface area contributed by atoms with Crippen LogP contribution in [0, 0.1) is 0 Å². The molecule has 4 rings (SSSR count). The SMILES string of the molecule is COc1cc(NC(=O)Cn2cnc3scc(-c4cccs4)c3c2=O)c(OC)cc1Cl. The Hall–Kier alpha value is -2.88. The van der Waals surface area contributed by atoms with Gasteiger partial charge in [-0.15, -0.1) is 22.7 Å². The Morgan fingerprint density at radius 2 is 2.03 bits per heavy atom. The number of carbonyl (C=O) groups is 1. The van der Waals surface area contributed by atoms with Gasteiger partial charge in [0.25, 0.3) is 5.56 Å². The highest BCUT2D eigenvalue weighted by Crippen LogP contribution is 2.36. The molecular weight excluding hydrogens is 446 g/mol. The lowest BCUT2D eigenvalue weighted by atomic mass is 10.2. The molecule has 10 heteroatoms. The van der Waals surface area contributed by atoms with Gasteiger partial charge in [-0.25, -0.2) is 4.98 Å². The maximum atomic E-state index is 13.1. The number of anilines is 1. The highest BCUT2D eigenvalue weighted by atomic mass is 35.5. The van der Waals surface area contributed by atoms with Crippen LogP contribution in [0.15, 0.2) is 46.1 Å². The van der Waals surface area contributed by atoms with Crippen LogP contribution in [-0.4, -0.2) is 29.7 Å². The highest BCUT2D eigenvalue weighted by Gasteiger charge is 2.17. The summed E-state index contributed by atoms with van der Waals surface area (Å²) in [6, 6.07) is 7.00. The lowest BCUT2D eigenvalue weighted by molar-refractivity contribution is -0.116. The number of thiophene rings is 2. The third kappa shape index (κ3) is 3.79. The van der Waals surface area contributed by atoms with E-state index >= 15 is 0 Å². The first kappa shape index (κ1) is 20.4. The maximum Gasteiger partial charge on any atom is 0.263 e. The zero-order valence-electron chi connectivity index (χ0n) is 16.0. The van der Waals surface area contributed by atoms with E-state index in [1.807, 2.05) is 22.9 Å². The average Bonchev–Trinajstić information content (AvgIpc) is 3.40. The van der Waals surface area contributed by atoms with Gasteiger partial charge in [-0.1, -0.05) is 17.7 Å². The smallest absolute Gasteiger partial charge is 0.263 e. The number of hydrogen-bond donors (Lipinski definition) is 1. The number of amides is 1. The minimum absolute atomic E-state index is 0.199. The van der Waals surface area contributed by atoms with Gasteiger partial charge in [-0.3, -0.25) is 14.2 Å². The molecule has 1 aromatic carbocycles. The molecule has 3 heterocycles. The predicted octanol–water partition coefficient (Wildman–Crippen LogP) is 4.50. The quantitative estimate of drug-likeness (QED) is 0.457. The maximum absolute atomic E-state index is 13.1. The Bertz CT molecular complexity index is 1280. The van der Waals surface area contributed by atoms with E-state index in [2.05, 4.69) is 10.3 Å². The van der Waals surface area contributed by atoms with Crippen LogP contribution in [0.5, 0.6) is 11.5 Å². The number of fused-ring (bicyclic) bond motifs is 1. The van der Waals surface area contributed by atoms with Crippen LogP contribution in [0.25, 0.3) is 20.7 Å². The summed E-state index contributed by atoms with van der Waals surface area (Å²) in [5.41, 5.74) is 0.961. The molecular formula is C20H16ClN3O4S2. The molecule has 0 bridgehead atoms. The van der Waals surface area contributed by atoms with Crippen LogP contribution >= 0.6 is 34.3 Å². The summed E-state index contributed by atoms with van der Waals surface area (Å²) >= 11 is 9.05. The molecule has 0 spiro atoms. The third-order valence-corrected chi connectivity index (χ3v) is 6.49. The summed E-state index contributed by atoms with van der Waals surface area (Å²) < 4.78 is 11.8. The van der Waals surface area contributed by atoms with Gasteiger partial charge in [-0.2, -0.15) is 0 Å². The van der Waals surface area contributed by atoms with E-state index < -0.39 is 5.91 Å². The Kier molecular flexibility index (Phi) is 5.76. The second kappa shape index (κ2) is 8.47. The molecule has 0 unspecified atom stereocenters. The molecule has 0 atom stereocenters. The summed E-state index contributed by atoms with van der Waals surface area (Å²) in [6.07, 6.45) is 1.39. The Morgan fingerprint density at radius 1 is 1.23 bits per heavy atom. The number of benzene rings is 1. The molecule has 0 aliphatic heterocycles. The molecule has 0 fully saturated rings. The average molecular weight is 462 g/mol. The molecule has 3 aromatic heterocycles. The number of aromatic nitrogens is 2. The van der Waals surface area contributed by atoms with E-state index in [0.717, 1.165) is 10.4 Å². The second-order valence-electron chi connectivity index (χ2n) is 6.22. The second-order valence-corrected chi connectivity index (χ2v) is 8.43. The normalized spacial score (nSPS) is 10.9. The molecule has 0 radical (unpaired) electrons. The number of carbonyl (C=O) groups excluding carboxylic acids is 1. The molecule has 1 N–H and O–H groups in total. The van der Waals surface area contributed by atoms with E-state index in [-0.39, 0.29) is 12.1 Å². The van der Waals surface area contributed by atoms with Crippen LogP contribution in [0.2, 0.25) is 5.02 Å². The summed E-state index contributed by atoms with van der Waals surface area (Å²) in [7, 11) is 2.95. The van der Waals surface area contributed by atoms with E-state index in [4.69, 9.17) is 21.1 Å². The topological polar surface area (TPSA) is 82.5 Å². The van der Waals surface area contributed by atoms with Gasteiger partial charge in [0.15, 0.2) is 0 Å². The van der Waals surface area contributed by atoms with E-state index in [1.54, 1.807) is 23.5 Å². The van der Waals surface area contributed by atoms with Crippen molar-refractivity contribution in [1.82, 2.24) is 9.55 Å². The van der Waals surface area contributed by atoms with Crippen molar-refractivity contribution in [1.29, 1.82) is 0 Å². The van der Waals surface area contributed by atoms with Crippen molar-refractivity contribution in [2.24, 2.45) is 0 Å². The standard InChI is InChI=1S/C20H16ClN3O4S2/c1-27-14-7-13(15(28-2)6-12(14)21)23-17(25)8-24-10-22-19-18(20(24)26)11(9-30-19)16-4-3-5-29-16/h3-7,9-10H,8H2,1-2H3,(H,23,25). The van der Waals surface area contributed by atoms with Gasteiger partial charge in [0.1, 0.15) is 22.9 Å². The molecule has 0 aliphatic rings. The molecule has 1 amide bonds. The number of methoxy groups -OCH3 is 2. The van der Waals surface area contributed by atoms with Crippen molar-refractivity contribution in [3.8, 4) is 21.9 Å².